The summed E-state index contributed by atoms with van der Waals surface area (Å²) in [6.45, 7) is 8.01. The average Bonchev–Trinajstić information content (AvgIpc) is 2.57. The Morgan fingerprint density at radius 3 is 2.42 bits per heavy atom. The molecule has 1 heterocycles. The predicted octanol–water partition coefficient (Wildman–Crippen LogP) is 3.37. The number of hydrogen-bond donors (Lipinski definition) is 1. The van der Waals surface area contributed by atoms with E-state index in [0.29, 0.717) is 6.54 Å². The number of aryl methyl sites for hydroxylation is 1. The first kappa shape index (κ1) is 17.8. The van der Waals surface area contributed by atoms with Crippen LogP contribution in [0.1, 0.15) is 49.3 Å². The van der Waals surface area contributed by atoms with Gasteiger partial charge in [-0.25, -0.2) is 4.39 Å². The second-order valence-corrected chi connectivity index (χ2v) is 7.62. The fourth-order valence-corrected chi connectivity index (χ4v) is 4.25. The summed E-state index contributed by atoms with van der Waals surface area (Å²) >= 11 is 0. The molecule has 2 fully saturated rings. The summed E-state index contributed by atoms with van der Waals surface area (Å²) in [5.74, 6) is 0.664. The van der Waals surface area contributed by atoms with Gasteiger partial charge in [0.05, 0.1) is 6.10 Å². The number of aliphatic hydroxyl groups is 1. The van der Waals surface area contributed by atoms with Gasteiger partial charge >= 0.3 is 0 Å². The number of nitrogens with zero attached hydrogens (tertiary/aromatic N) is 2. The fourth-order valence-electron chi connectivity index (χ4n) is 4.25. The van der Waals surface area contributed by atoms with Crippen molar-refractivity contribution in [3.8, 4) is 0 Å². The topological polar surface area (TPSA) is 26.7 Å². The Morgan fingerprint density at radius 1 is 1.08 bits per heavy atom. The molecule has 24 heavy (non-hydrogen) atoms. The van der Waals surface area contributed by atoms with E-state index in [1.165, 1.54) is 50.8 Å². The summed E-state index contributed by atoms with van der Waals surface area (Å²) in [7, 11) is 0. The normalized spacial score (nSPS) is 22.6. The van der Waals surface area contributed by atoms with Crippen LogP contribution in [-0.2, 0) is 0 Å². The van der Waals surface area contributed by atoms with E-state index in [1.54, 1.807) is 6.07 Å². The largest absolute Gasteiger partial charge is 0.387 e. The first-order chi connectivity index (χ1) is 11.6. The van der Waals surface area contributed by atoms with Crippen LogP contribution < -0.4 is 0 Å². The van der Waals surface area contributed by atoms with Crippen molar-refractivity contribution in [2.45, 2.75) is 45.1 Å². The van der Waals surface area contributed by atoms with Crippen molar-refractivity contribution >= 4 is 0 Å². The van der Waals surface area contributed by atoms with Crippen LogP contribution in [0.5, 0.6) is 0 Å². The molecule has 3 rings (SSSR count). The van der Waals surface area contributed by atoms with E-state index >= 15 is 0 Å². The molecule has 1 aliphatic heterocycles. The molecule has 0 bridgehead atoms. The Hall–Kier alpha value is -0.970. The molecule has 1 aromatic carbocycles. The monoisotopic (exact) mass is 334 g/mol. The maximum Gasteiger partial charge on any atom is 0.123 e. The lowest BCUT2D eigenvalue weighted by molar-refractivity contribution is 0.0639. The molecule has 2 aliphatic rings. The first-order valence-corrected chi connectivity index (χ1v) is 9.50. The van der Waals surface area contributed by atoms with Gasteiger partial charge in [-0.3, -0.25) is 4.90 Å². The number of hydrogen-bond acceptors (Lipinski definition) is 3. The highest BCUT2D eigenvalue weighted by atomic mass is 19.1. The summed E-state index contributed by atoms with van der Waals surface area (Å²) in [5, 5.41) is 10.5. The maximum atomic E-state index is 13.2. The highest BCUT2D eigenvalue weighted by molar-refractivity contribution is 5.28. The molecule has 1 aliphatic carbocycles. The highest BCUT2D eigenvalue weighted by Crippen LogP contribution is 2.25. The van der Waals surface area contributed by atoms with E-state index in [9.17, 15) is 9.50 Å². The number of rotatable bonds is 5. The van der Waals surface area contributed by atoms with Gasteiger partial charge in [0.15, 0.2) is 0 Å². The molecule has 1 saturated carbocycles. The van der Waals surface area contributed by atoms with Gasteiger partial charge in [0.2, 0.25) is 0 Å². The number of benzene rings is 1. The van der Waals surface area contributed by atoms with E-state index in [0.717, 1.165) is 43.2 Å². The minimum absolute atomic E-state index is 0.236. The summed E-state index contributed by atoms with van der Waals surface area (Å²) in [5.41, 5.74) is 1.68. The van der Waals surface area contributed by atoms with Crippen molar-refractivity contribution in [3.05, 3.63) is 35.1 Å². The molecule has 4 heteroatoms. The smallest absolute Gasteiger partial charge is 0.123 e. The number of β-amino-alcohol motifs (C(OH)–C–C–N with tert-alkyl or cyclic N) is 1. The van der Waals surface area contributed by atoms with Crippen LogP contribution in [0, 0.1) is 18.7 Å². The predicted molar refractivity (Wildman–Crippen MR) is 95.6 cm³/mol. The van der Waals surface area contributed by atoms with Gasteiger partial charge in [-0.15, -0.1) is 0 Å². The van der Waals surface area contributed by atoms with Crippen LogP contribution in [0.2, 0.25) is 0 Å². The fraction of sp³-hybridized carbons (Fsp3) is 0.700. The van der Waals surface area contributed by atoms with Crippen LogP contribution in [0.4, 0.5) is 4.39 Å². The van der Waals surface area contributed by atoms with Gasteiger partial charge in [-0.1, -0.05) is 25.3 Å². The van der Waals surface area contributed by atoms with Gasteiger partial charge in [0.1, 0.15) is 5.82 Å². The van der Waals surface area contributed by atoms with Crippen molar-refractivity contribution < 1.29 is 9.50 Å². The van der Waals surface area contributed by atoms with Gasteiger partial charge in [0.25, 0.3) is 0 Å². The maximum absolute atomic E-state index is 13.2. The summed E-state index contributed by atoms with van der Waals surface area (Å²) in [6, 6.07) is 4.66. The molecule has 1 atom stereocenters. The lowest BCUT2D eigenvalue weighted by Gasteiger charge is -2.38. The molecule has 1 N–H and O–H groups in total. The molecule has 134 valence electrons. The number of halogens is 1. The van der Waals surface area contributed by atoms with Crippen molar-refractivity contribution in [2.75, 3.05) is 39.3 Å². The van der Waals surface area contributed by atoms with E-state index in [1.807, 2.05) is 6.92 Å². The van der Waals surface area contributed by atoms with Crippen LogP contribution >= 0.6 is 0 Å². The Kier molecular flexibility index (Phi) is 6.25. The van der Waals surface area contributed by atoms with Gasteiger partial charge in [0, 0.05) is 39.3 Å². The zero-order chi connectivity index (χ0) is 16.9. The van der Waals surface area contributed by atoms with E-state index in [2.05, 4.69) is 9.80 Å². The highest BCUT2D eigenvalue weighted by Gasteiger charge is 2.23. The lowest BCUT2D eigenvalue weighted by atomic mass is 9.89. The molecule has 3 nitrogen and oxygen atoms in total. The molecule has 0 spiro atoms. The zero-order valence-electron chi connectivity index (χ0n) is 14.9. The van der Waals surface area contributed by atoms with Gasteiger partial charge in [-0.05, 0) is 48.9 Å². The SMILES string of the molecule is Cc1cc(F)ccc1C(O)CN1CCN(CC2CCCCC2)CC1. The van der Waals surface area contributed by atoms with Gasteiger partial charge in [-0.2, -0.15) is 0 Å². The summed E-state index contributed by atoms with van der Waals surface area (Å²) in [4.78, 5) is 4.94. The zero-order valence-corrected chi connectivity index (χ0v) is 14.9. The molecule has 1 unspecified atom stereocenters. The molecular formula is C20H31FN2O. The van der Waals surface area contributed by atoms with Crippen LogP contribution in [0.25, 0.3) is 0 Å². The molecule has 0 amide bonds. The lowest BCUT2D eigenvalue weighted by Crippen LogP contribution is -2.48. The number of aliphatic hydroxyl groups excluding tert-OH is 1. The van der Waals surface area contributed by atoms with Crippen LogP contribution in [0.15, 0.2) is 18.2 Å². The second-order valence-electron chi connectivity index (χ2n) is 7.62. The minimum Gasteiger partial charge on any atom is -0.387 e. The third kappa shape index (κ3) is 4.78. The Labute approximate surface area is 145 Å². The second kappa shape index (κ2) is 8.41. The quantitative estimate of drug-likeness (QED) is 0.894. The summed E-state index contributed by atoms with van der Waals surface area (Å²) in [6.07, 6.45) is 6.52. The number of piperazine rings is 1. The Balaban J connectivity index is 1.44. The summed E-state index contributed by atoms with van der Waals surface area (Å²) < 4.78 is 13.2. The van der Waals surface area contributed by atoms with Crippen LogP contribution in [0.3, 0.4) is 0 Å². The van der Waals surface area contributed by atoms with Crippen molar-refractivity contribution in [3.63, 3.8) is 0 Å². The molecule has 0 radical (unpaired) electrons. The molecular weight excluding hydrogens is 303 g/mol. The van der Waals surface area contributed by atoms with Crippen LogP contribution in [-0.4, -0.2) is 54.2 Å². The molecule has 1 aromatic rings. The Morgan fingerprint density at radius 2 is 1.75 bits per heavy atom. The van der Waals surface area contributed by atoms with E-state index < -0.39 is 6.10 Å². The van der Waals surface area contributed by atoms with E-state index in [-0.39, 0.29) is 5.82 Å². The minimum atomic E-state index is -0.532. The van der Waals surface area contributed by atoms with E-state index in [4.69, 9.17) is 0 Å². The Bertz CT molecular complexity index is 522. The average molecular weight is 334 g/mol. The van der Waals surface area contributed by atoms with Crippen molar-refractivity contribution in [2.24, 2.45) is 5.92 Å². The van der Waals surface area contributed by atoms with Crippen molar-refractivity contribution in [1.29, 1.82) is 0 Å². The molecule has 0 aromatic heterocycles. The first-order valence-electron chi connectivity index (χ1n) is 9.50. The van der Waals surface area contributed by atoms with Gasteiger partial charge < -0.3 is 10.0 Å². The third-order valence-electron chi connectivity index (χ3n) is 5.73. The van der Waals surface area contributed by atoms with Crippen molar-refractivity contribution in [1.82, 2.24) is 9.80 Å². The molecule has 1 saturated heterocycles. The standard InChI is InChI=1S/C20H31FN2O/c1-16-13-18(21)7-8-19(16)20(24)15-23-11-9-22(10-12-23)14-17-5-3-2-4-6-17/h7-8,13,17,20,24H,2-6,9-12,14-15H2,1H3. The third-order valence-corrected chi connectivity index (χ3v) is 5.73.